The smallest absolute Gasteiger partial charge is 0.119 e. The minimum atomic E-state index is 0.795. The monoisotopic (exact) mass is 451 g/mol. The lowest BCUT2D eigenvalue weighted by molar-refractivity contribution is 0.304. The van der Waals surface area contributed by atoms with Crippen LogP contribution in [0.5, 0.6) is 11.5 Å². The highest BCUT2D eigenvalue weighted by molar-refractivity contribution is 5.82. The van der Waals surface area contributed by atoms with Gasteiger partial charge in [0, 0.05) is 6.21 Å². The number of aliphatic imine (C=N–C) groups is 1. The average molecular weight is 452 g/mol. The maximum atomic E-state index is 5.86. The second kappa shape index (κ2) is 18.2. The molecule has 0 aliphatic heterocycles. The fourth-order valence-electron chi connectivity index (χ4n) is 3.75. The minimum Gasteiger partial charge on any atom is -0.494 e. The molecule has 0 unspecified atom stereocenters. The van der Waals surface area contributed by atoms with Gasteiger partial charge in [-0.1, -0.05) is 84.5 Å². The van der Waals surface area contributed by atoms with Crippen LogP contribution in [0, 0.1) is 0 Å². The highest BCUT2D eigenvalue weighted by Crippen LogP contribution is 2.19. The molecule has 0 N–H and O–H groups in total. The summed E-state index contributed by atoms with van der Waals surface area (Å²) < 4.78 is 11.7. The molecular weight excluding hydrogens is 406 g/mol. The molecule has 0 saturated heterocycles. The van der Waals surface area contributed by atoms with Crippen molar-refractivity contribution in [3.8, 4) is 11.5 Å². The predicted octanol–water partition coefficient (Wildman–Crippen LogP) is 9.31. The van der Waals surface area contributed by atoms with Gasteiger partial charge in [0.15, 0.2) is 0 Å². The molecule has 0 heterocycles. The normalized spacial score (nSPS) is 11.2. The number of nitrogens with zero attached hydrogens (tertiary/aromatic N) is 1. The van der Waals surface area contributed by atoms with E-state index in [4.69, 9.17) is 9.47 Å². The van der Waals surface area contributed by atoms with E-state index in [1.54, 1.807) is 0 Å². The quantitative estimate of drug-likeness (QED) is 0.157. The predicted molar refractivity (Wildman–Crippen MR) is 142 cm³/mol. The molecule has 0 fully saturated rings. The van der Waals surface area contributed by atoms with Crippen LogP contribution in [0.2, 0.25) is 0 Å². The molecule has 0 aliphatic rings. The molecule has 2 aromatic rings. The lowest BCUT2D eigenvalue weighted by Gasteiger charge is -2.07. The molecule has 0 atom stereocenters. The number of hydrogen-bond donors (Lipinski definition) is 0. The number of unbranched alkanes of at least 4 members (excludes halogenated alkanes) is 11. The van der Waals surface area contributed by atoms with Crippen molar-refractivity contribution in [3.05, 3.63) is 54.1 Å². The third kappa shape index (κ3) is 13.1. The molecule has 2 rings (SSSR count). The third-order valence-corrected chi connectivity index (χ3v) is 5.86. The zero-order valence-electron chi connectivity index (χ0n) is 21.1. The van der Waals surface area contributed by atoms with Crippen molar-refractivity contribution in [3.63, 3.8) is 0 Å². The SMILES string of the molecule is CCCCCCCCCOc1ccc(N=Cc2ccc(OCCCCCCCC)cc2)cc1. The van der Waals surface area contributed by atoms with Crippen LogP contribution in [0.15, 0.2) is 53.5 Å². The summed E-state index contributed by atoms with van der Waals surface area (Å²) in [5, 5.41) is 0. The van der Waals surface area contributed by atoms with Gasteiger partial charge in [-0.3, -0.25) is 4.99 Å². The second-order valence-electron chi connectivity index (χ2n) is 8.91. The van der Waals surface area contributed by atoms with Crippen molar-refractivity contribution in [1.82, 2.24) is 0 Å². The van der Waals surface area contributed by atoms with E-state index in [1.807, 2.05) is 42.6 Å². The van der Waals surface area contributed by atoms with Crippen molar-refractivity contribution < 1.29 is 9.47 Å². The number of ether oxygens (including phenoxy) is 2. The van der Waals surface area contributed by atoms with E-state index < -0.39 is 0 Å². The minimum absolute atomic E-state index is 0.795. The lowest BCUT2D eigenvalue weighted by Crippen LogP contribution is -1.97. The zero-order chi connectivity index (χ0) is 23.4. The Morgan fingerprint density at radius 3 is 1.45 bits per heavy atom. The van der Waals surface area contributed by atoms with E-state index in [1.165, 1.54) is 70.6 Å². The first-order valence-corrected chi connectivity index (χ1v) is 13.3. The van der Waals surface area contributed by atoms with Crippen molar-refractivity contribution in [2.75, 3.05) is 13.2 Å². The van der Waals surface area contributed by atoms with Gasteiger partial charge in [-0.2, -0.15) is 0 Å². The number of rotatable bonds is 19. The molecule has 3 nitrogen and oxygen atoms in total. The summed E-state index contributed by atoms with van der Waals surface area (Å²) in [5.74, 6) is 1.86. The molecule has 0 aliphatic carbocycles. The molecule has 0 spiro atoms. The van der Waals surface area contributed by atoms with Gasteiger partial charge in [0.25, 0.3) is 0 Å². The van der Waals surface area contributed by atoms with Gasteiger partial charge in [0.05, 0.1) is 18.9 Å². The Morgan fingerprint density at radius 1 is 0.545 bits per heavy atom. The van der Waals surface area contributed by atoms with Gasteiger partial charge >= 0.3 is 0 Å². The molecular formula is C30H45NO2. The molecule has 3 heteroatoms. The Balaban J connectivity index is 1.61. The van der Waals surface area contributed by atoms with Gasteiger partial charge in [-0.25, -0.2) is 0 Å². The van der Waals surface area contributed by atoms with Crippen molar-refractivity contribution >= 4 is 11.9 Å². The summed E-state index contributed by atoms with van der Waals surface area (Å²) in [5.41, 5.74) is 2.00. The molecule has 0 radical (unpaired) electrons. The van der Waals surface area contributed by atoms with Crippen LogP contribution < -0.4 is 9.47 Å². The molecule has 33 heavy (non-hydrogen) atoms. The first-order valence-electron chi connectivity index (χ1n) is 13.3. The summed E-state index contributed by atoms with van der Waals surface area (Å²) in [7, 11) is 0. The van der Waals surface area contributed by atoms with Gasteiger partial charge in [0.1, 0.15) is 11.5 Å². The van der Waals surface area contributed by atoms with Crippen molar-refractivity contribution in [2.24, 2.45) is 4.99 Å². The fourth-order valence-corrected chi connectivity index (χ4v) is 3.75. The van der Waals surface area contributed by atoms with E-state index in [9.17, 15) is 0 Å². The fraction of sp³-hybridized carbons (Fsp3) is 0.567. The van der Waals surface area contributed by atoms with Crippen molar-refractivity contribution in [1.29, 1.82) is 0 Å². The lowest BCUT2D eigenvalue weighted by atomic mass is 10.1. The molecule has 0 bridgehead atoms. The van der Waals surface area contributed by atoms with Crippen LogP contribution in [-0.2, 0) is 0 Å². The van der Waals surface area contributed by atoms with Crippen LogP contribution in [0.3, 0.4) is 0 Å². The number of benzene rings is 2. The molecule has 182 valence electrons. The Bertz CT molecular complexity index is 737. The highest BCUT2D eigenvalue weighted by atomic mass is 16.5. The van der Waals surface area contributed by atoms with Gasteiger partial charge in [-0.05, 0) is 66.9 Å². The maximum absolute atomic E-state index is 5.86. The summed E-state index contributed by atoms with van der Waals surface area (Å²) in [6.45, 7) is 6.10. The van der Waals surface area contributed by atoms with E-state index in [0.717, 1.165) is 48.8 Å². The van der Waals surface area contributed by atoms with E-state index in [2.05, 4.69) is 31.0 Å². The second-order valence-corrected chi connectivity index (χ2v) is 8.91. The Labute approximate surface area is 202 Å². The standard InChI is InChI=1S/C30H45NO2/c1-3-5-7-9-11-13-15-25-33-30-22-18-28(19-23-30)31-26-27-16-20-29(21-17-27)32-24-14-12-10-8-6-4-2/h16-23,26H,3-15,24-25H2,1-2H3. The Hall–Kier alpha value is -2.29. The van der Waals surface area contributed by atoms with Gasteiger partial charge in [0.2, 0.25) is 0 Å². The first-order chi connectivity index (χ1) is 16.3. The van der Waals surface area contributed by atoms with E-state index in [-0.39, 0.29) is 0 Å². The molecule has 2 aromatic carbocycles. The molecule has 0 aromatic heterocycles. The Kier molecular flexibility index (Phi) is 14.8. The summed E-state index contributed by atoms with van der Waals surface area (Å²) in [4.78, 5) is 4.58. The molecule has 0 saturated carbocycles. The third-order valence-electron chi connectivity index (χ3n) is 5.86. The Morgan fingerprint density at radius 2 is 0.970 bits per heavy atom. The van der Waals surface area contributed by atoms with Crippen LogP contribution in [-0.4, -0.2) is 19.4 Å². The summed E-state index contributed by atoms with van der Waals surface area (Å²) >= 11 is 0. The average Bonchev–Trinajstić information content (AvgIpc) is 2.85. The van der Waals surface area contributed by atoms with E-state index in [0.29, 0.717) is 0 Å². The van der Waals surface area contributed by atoms with Gasteiger partial charge < -0.3 is 9.47 Å². The van der Waals surface area contributed by atoms with Crippen LogP contribution in [0.1, 0.15) is 103 Å². The largest absolute Gasteiger partial charge is 0.494 e. The van der Waals surface area contributed by atoms with Crippen LogP contribution in [0.25, 0.3) is 0 Å². The summed E-state index contributed by atoms with van der Waals surface area (Å²) in [6.07, 6.45) is 18.7. The zero-order valence-corrected chi connectivity index (χ0v) is 21.1. The first kappa shape index (κ1) is 27.0. The number of hydrogen-bond acceptors (Lipinski definition) is 3. The van der Waals surface area contributed by atoms with Crippen molar-refractivity contribution in [2.45, 2.75) is 97.3 Å². The van der Waals surface area contributed by atoms with Crippen LogP contribution in [0.4, 0.5) is 5.69 Å². The van der Waals surface area contributed by atoms with Crippen LogP contribution >= 0.6 is 0 Å². The van der Waals surface area contributed by atoms with Gasteiger partial charge in [-0.15, -0.1) is 0 Å². The molecule has 0 amide bonds. The summed E-state index contributed by atoms with van der Waals surface area (Å²) in [6, 6.07) is 16.2. The highest BCUT2D eigenvalue weighted by Gasteiger charge is 1.98. The topological polar surface area (TPSA) is 30.8 Å². The maximum Gasteiger partial charge on any atom is 0.119 e. The van der Waals surface area contributed by atoms with E-state index >= 15 is 0 Å².